The first kappa shape index (κ1) is 13.9. The summed E-state index contributed by atoms with van der Waals surface area (Å²) in [5.41, 5.74) is 1.06. The van der Waals surface area contributed by atoms with E-state index in [-0.39, 0.29) is 11.8 Å². The topological polar surface area (TPSA) is 67.9 Å². The number of fused-ring (bicyclic) bond motifs is 1. The molecule has 0 bridgehead atoms. The molecule has 1 fully saturated rings. The highest BCUT2D eigenvalue weighted by Gasteiger charge is 2.25. The summed E-state index contributed by atoms with van der Waals surface area (Å²) in [6.45, 7) is 1.64. The van der Waals surface area contributed by atoms with E-state index in [4.69, 9.17) is 9.47 Å². The van der Waals surface area contributed by atoms with Crippen LogP contribution in [0.3, 0.4) is 0 Å². The molecule has 0 radical (unpaired) electrons. The lowest BCUT2D eigenvalue weighted by atomic mass is 10.1. The largest absolute Gasteiger partial charge is 0.491 e. The Balaban J connectivity index is 1.80. The molecule has 6 nitrogen and oxygen atoms in total. The summed E-state index contributed by atoms with van der Waals surface area (Å²) in [6, 6.07) is 5.12. The second kappa shape index (κ2) is 5.73. The maximum Gasteiger partial charge on any atom is 0.257 e. The normalized spacial score (nSPS) is 21.5. The van der Waals surface area contributed by atoms with Crippen LogP contribution in [0.1, 0.15) is 23.2 Å². The molecule has 0 spiro atoms. The third-order valence-corrected chi connectivity index (χ3v) is 3.73. The number of nitrogens with one attached hydrogen (secondary N) is 1. The lowest BCUT2D eigenvalue weighted by molar-refractivity contribution is -0.124. The Morgan fingerprint density at radius 1 is 1.38 bits per heavy atom. The van der Waals surface area contributed by atoms with Crippen molar-refractivity contribution in [1.29, 1.82) is 0 Å². The molecule has 2 amide bonds. The maximum atomic E-state index is 12.2. The fraction of sp³-hybridized carbons (Fsp3) is 0.467. The van der Waals surface area contributed by atoms with Crippen LogP contribution < -0.4 is 10.1 Å². The Morgan fingerprint density at radius 3 is 3.00 bits per heavy atom. The third-order valence-electron chi connectivity index (χ3n) is 3.73. The Bertz CT molecular complexity index is 567. The Labute approximate surface area is 123 Å². The molecule has 1 unspecified atom stereocenters. The number of amides is 2. The van der Waals surface area contributed by atoms with E-state index in [0.29, 0.717) is 36.8 Å². The molecule has 2 heterocycles. The first-order valence-corrected chi connectivity index (χ1v) is 7.10. The molecule has 6 heteroatoms. The summed E-state index contributed by atoms with van der Waals surface area (Å²) >= 11 is 0. The van der Waals surface area contributed by atoms with Crippen molar-refractivity contribution < 1.29 is 19.1 Å². The predicted octanol–water partition coefficient (Wildman–Crippen LogP) is 1.27. The number of benzene rings is 1. The van der Waals surface area contributed by atoms with Gasteiger partial charge in [0.2, 0.25) is 0 Å². The van der Waals surface area contributed by atoms with Gasteiger partial charge in [-0.2, -0.15) is 0 Å². The molecule has 1 aromatic carbocycles. The molecule has 112 valence electrons. The zero-order valence-electron chi connectivity index (χ0n) is 11.9. The number of hydrogen-bond donors (Lipinski definition) is 1. The van der Waals surface area contributed by atoms with Crippen LogP contribution in [-0.4, -0.2) is 49.6 Å². The predicted molar refractivity (Wildman–Crippen MR) is 76.5 cm³/mol. The van der Waals surface area contributed by atoms with E-state index in [9.17, 15) is 9.59 Å². The summed E-state index contributed by atoms with van der Waals surface area (Å²) in [6.07, 6.45) is 1.25. The standard InChI is InChI=1S/C15H18N2O4/c1-17-6-8-21-12-5-4-10(9-11(12)15(17)19)16-14(18)13-3-2-7-20-13/h4-5,9,13H,2-3,6-8H2,1H3,(H,16,18). The second-order valence-corrected chi connectivity index (χ2v) is 5.28. The van der Waals surface area contributed by atoms with Crippen molar-refractivity contribution in [1.82, 2.24) is 4.90 Å². The van der Waals surface area contributed by atoms with E-state index in [2.05, 4.69) is 5.32 Å². The quantitative estimate of drug-likeness (QED) is 0.890. The first-order valence-electron chi connectivity index (χ1n) is 7.10. The second-order valence-electron chi connectivity index (χ2n) is 5.28. The summed E-state index contributed by atoms with van der Waals surface area (Å²) in [4.78, 5) is 25.9. The van der Waals surface area contributed by atoms with E-state index in [1.807, 2.05) is 0 Å². The van der Waals surface area contributed by atoms with Crippen LogP contribution in [0.15, 0.2) is 18.2 Å². The van der Waals surface area contributed by atoms with E-state index >= 15 is 0 Å². The van der Waals surface area contributed by atoms with Gasteiger partial charge in [-0.05, 0) is 31.0 Å². The highest BCUT2D eigenvalue weighted by Crippen LogP contribution is 2.26. The van der Waals surface area contributed by atoms with Crippen molar-refractivity contribution in [3.63, 3.8) is 0 Å². The van der Waals surface area contributed by atoms with E-state index in [1.54, 1.807) is 30.1 Å². The van der Waals surface area contributed by atoms with Gasteiger partial charge in [-0.15, -0.1) is 0 Å². The molecular weight excluding hydrogens is 272 g/mol. The van der Waals surface area contributed by atoms with Gasteiger partial charge >= 0.3 is 0 Å². The third kappa shape index (κ3) is 2.85. The SMILES string of the molecule is CN1CCOc2ccc(NC(=O)C3CCCO3)cc2C1=O. The molecule has 0 aliphatic carbocycles. The Kier molecular flexibility index (Phi) is 3.79. The zero-order chi connectivity index (χ0) is 14.8. The van der Waals surface area contributed by atoms with Gasteiger partial charge in [-0.3, -0.25) is 9.59 Å². The van der Waals surface area contributed by atoms with Crippen molar-refractivity contribution in [2.75, 3.05) is 32.1 Å². The number of hydrogen-bond acceptors (Lipinski definition) is 4. The molecule has 0 saturated carbocycles. The van der Waals surface area contributed by atoms with Gasteiger partial charge in [-0.1, -0.05) is 0 Å². The van der Waals surface area contributed by atoms with Crippen LogP contribution in [-0.2, 0) is 9.53 Å². The van der Waals surface area contributed by atoms with E-state index in [0.717, 1.165) is 12.8 Å². The van der Waals surface area contributed by atoms with Crippen LogP contribution in [0.2, 0.25) is 0 Å². The number of carbonyl (C=O) groups excluding carboxylic acids is 2. The molecule has 21 heavy (non-hydrogen) atoms. The van der Waals surface area contributed by atoms with Crippen LogP contribution in [0, 0.1) is 0 Å². The molecule has 2 aliphatic rings. The van der Waals surface area contributed by atoms with Gasteiger partial charge in [0.05, 0.1) is 12.1 Å². The fourth-order valence-corrected chi connectivity index (χ4v) is 2.51. The van der Waals surface area contributed by atoms with E-state index < -0.39 is 6.10 Å². The zero-order valence-corrected chi connectivity index (χ0v) is 11.9. The minimum atomic E-state index is -0.390. The van der Waals surface area contributed by atoms with Crippen LogP contribution in [0.4, 0.5) is 5.69 Å². The minimum Gasteiger partial charge on any atom is -0.491 e. The van der Waals surface area contributed by atoms with Gasteiger partial charge in [-0.25, -0.2) is 0 Å². The average Bonchev–Trinajstić information content (AvgIpc) is 2.97. The van der Waals surface area contributed by atoms with Crippen molar-refractivity contribution in [3.05, 3.63) is 23.8 Å². The molecule has 1 N–H and O–H groups in total. The van der Waals surface area contributed by atoms with Crippen LogP contribution in [0.25, 0.3) is 0 Å². The summed E-state index contributed by atoms with van der Waals surface area (Å²) in [5, 5.41) is 2.80. The highest BCUT2D eigenvalue weighted by atomic mass is 16.5. The van der Waals surface area contributed by atoms with Crippen LogP contribution in [0.5, 0.6) is 5.75 Å². The number of nitrogens with zero attached hydrogens (tertiary/aromatic N) is 1. The summed E-state index contributed by atoms with van der Waals surface area (Å²) in [5.74, 6) is 0.290. The van der Waals surface area contributed by atoms with Gasteiger partial charge in [0.15, 0.2) is 0 Å². The Morgan fingerprint density at radius 2 is 2.24 bits per heavy atom. The lowest BCUT2D eigenvalue weighted by Gasteiger charge is -2.14. The van der Waals surface area contributed by atoms with Crippen LogP contribution >= 0.6 is 0 Å². The van der Waals surface area contributed by atoms with Gasteiger partial charge < -0.3 is 19.7 Å². The molecule has 1 aromatic rings. The molecule has 0 aromatic heterocycles. The number of ether oxygens (including phenoxy) is 2. The smallest absolute Gasteiger partial charge is 0.257 e. The van der Waals surface area contributed by atoms with Gasteiger partial charge in [0.25, 0.3) is 11.8 Å². The van der Waals surface area contributed by atoms with Crippen molar-refractivity contribution >= 4 is 17.5 Å². The van der Waals surface area contributed by atoms with Crippen molar-refractivity contribution in [3.8, 4) is 5.75 Å². The van der Waals surface area contributed by atoms with E-state index in [1.165, 1.54) is 0 Å². The number of likely N-dealkylation sites (N-methyl/N-ethyl adjacent to an activating group) is 1. The molecular formula is C15H18N2O4. The number of carbonyl (C=O) groups is 2. The number of anilines is 1. The maximum absolute atomic E-state index is 12.2. The Hall–Kier alpha value is -2.08. The van der Waals surface area contributed by atoms with Gasteiger partial charge in [0, 0.05) is 19.3 Å². The van der Waals surface area contributed by atoms with Gasteiger partial charge in [0.1, 0.15) is 18.5 Å². The summed E-state index contributed by atoms with van der Waals surface area (Å²) in [7, 11) is 1.73. The summed E-state index contributed by atoms with van der Waals surface area (Å²) < 4.78 is 10.9. The first-order chi connectivity index (χ1) is 10.1. The number of rotatable bonds is 2. The molecule has 3 rings (SSSR count). The van der Waals surface area contributed by atoms with Crippen molar-refractivity contribution in [2.24, 2.45) is 0 Å². The molecule has 2 aliphatic heterocycles. The lowest BCUT2D eigenvalue weighted by Crippen LogP contribution is -2.28. The van der Waals surface area contributed by atoms with Crippen molar-refractivity contribution in [2.45, 2.75) is 18.9 Å². The molecule has 1 saturated heterocycles. The fourth-order valence-electron chi connectivity index (χ4n) is 2.51. The average molecular weight is 290 g/mol. The minimum absolute atomic E-state index is 0.101. The monoisotopic (exact) mass is 290 g/mol. The molecule has 1 atom stereocenters. The highest BCUT2D eigenvalue weighted by molar-refractivity contribution is 6.00.